The molecule has 142 valence electrons. The summed E-state index contributed by atoms with van der Waals surface area (Å²) in [4.78, 5) is 19.5. The summed E-state index contributed by atoms with van der Waals surface area (Å²) in [5.74, 6) is 0.712. The number of nitrogens with one attached hydrogen (secondary N) is 1. The molecule has 0 bridgehead atoms. The van der Waals surface area contributed by atoms with E-state index in [9.17, 15) is 0 Å². The molecule has 0 spiro atoms. The van der Waals surface area contributed by atoms with Crippen LogP contribution in [0.1, 0.15) is 49.5 Å². The average Bonchev–Trinajstić information content (AvgIpc) is 3.33. The summed E-state index contributed by atoms with van der Waals surface area (Å²) in [5.41, 5.74) is 5.31. The first-order valence-corrected chi connectivity index (χ1v) is 9.56. The number of imidazole rings is 1. The minimum Gasteiger partial charge on any atom is -0.348 e. The van der Waals surface area contributed by atoms with Gasteiger partial charge in [0.05, 0.1) is 23.2 Å². The van der Waals surface area contributed by atoms with Crippen LogP contribution in [-0.4, -0.2) is 36.1 Å². The maximum Gasteiger partial charge on any atom is 0.226 e. The molecule has 1 N–H and O–H groups in total. The van der Waals surface area contributed by atoms with E-state index in [2.05, 4.69) is 47.8 Å². The van der Waals surface area contributed by atoms with Gasteiger partial charge in [0, 0.05) is 37.3 Å². The first-order chi connectivity index (χ1) is 13.5. The third-order valence-corrected chi connectivity index (χ3v) is 5.36. The van der Waals surface area contributed by atoms with Crippen molar-refractivity contribution in [1.29, 1.82) is 0 Å². The molecule has 0 radical (unpaired) electrons. The van der Waals surface area contributed by atoms with Gasteiger partial charge in [0.2, 0.25) is 5.95 Å². The number of pyridine rings is 1. The van der Waals surface area contributed by atoms with Crippen molar-refractivity contribution in [2.24, 2.45) is 0 Å². The molecule has 1 aliphatic heterocycles. The van der Waals surface area contributed by atoms with Crippen molar-refractivity contribution < 1.29 is 0 Å². The minimum absolute atomic E-state index is 0.0246. The highest BCUT2D eigenvalue weighted by molar-refractivity contribution is 5.52. The summed E-state index contributed by atoms with van der Waals surface area (Å²) in [6.45, 7) is 7.31. The van der Waals surface area contributed by atoms with Crippen LogP contribution in [0.15, 0.2) is 49.2 Å². The van der Waals surface area contributed by atoms with Crippen molar-refractivity contribution >= 4 is 11.5 Å². The SMILES string of the molecule is CC(C)(C)c1cnc(N2CCc3[nH]cnc3[C@@H]2c2cc3ccccn3n2)nc1. The molecular weight excluding hydrogens is 350 g/mol. The second-order valence-electron chi connectivity index (χ2n) is 8.27. The third-order valence-electron chi connectivity index (χ3n) is 5.36. The highest BCUT2D eigenvalue weighted by atomic mass is 15.3. The van der Waals surface area contributed by atoms with E-state index in [-0.39, 0.29) is 11.5 Å². The molecule has 4 aromatic heterocycles. The van der Waals surface area contributed by atoms with Gasteiger partial charge in [-0.25, -0.2) is 19.5 Å². The van der Waals surface area contributed by atoms with Crippen molar-refractivity contribution in [1.82, 2.24) is 29.5 Å². The van der Waals surface area contributed by atoms with Crippen LogP contribution < -0.4 is 4.90 Å². The van der Waals surface area contributed by atoms with Gasteiger partial charge in [-0.05, 0) is 29.2 Å². The molecule has 0 aromatic carbocycles. The fraction of sp³-hybridized carbons (Fsp3) is 0.333. The fourth-order valence-electron chi connectivity index (χ4n) is 3.74. The van der Waals surface area contributed by atoms with Crippen LogP contribution in [0.25, 0.3) is 5.52 Å². The van der Waals surface area contributed by atoms with Crippen LogP contribution in [0.5, 0.6) is 0 Å². The zero-order valence-electron chi connectivity index (χ0n) is 16.3. The van der Waals surface area contributed by atoms with Crippen molar-refractivity contribution in [3.05, 3.63) is 71.8 Å². The molecule has 0 saturated carbocycles. The van der Waals surface area contributed by atoms with Gasteiger partial charge in [0.15, 0.2) is 0 Å². The zero-order valence-corrected chi connectivity index (χ0v) is 16.3. The van der Waals surface area contributed by atoms with E-state index < -0.39 is 0 Å². The Morgan fingerprint density at radius 1 is 1.11 bits per heavy atom. The Kier molecular flexibility index (Phi) is 3.72. The zero-order chi connectivity index (χ0) is 19.3. The lowest BCUT2D eigenvalue weighted by Crippen LogP contribution is -2.37. The Morgan fingerprint density at radius 3 is 2.68 bits per heavy atom. The summed E-state index contributed by atoms with van der Waals surface area (Å²) >= 11 is 0. The number of anilines is 1. The number of nitrogens with zero attached hydrogens (tertiary/aromatic N) is 6. The van der Waals surface area contributed by atoms with Crippen molar-refractivity contribution in [3.63, 3.8) is 0 Å². The molecule has 5 heterocycles. The number of rotatable bonds is 2. The summed E-state index contributed by atoms with van der Waals surface area (Å²) in [5, 5.41) is 4.81. The van der Waals surface area contributed by atoms with Gasteiger partial charge >= 0.3 is 0 Å². The van der Waals surface area contributed by atoms with Gasteiger partial charge in [0.25, 0.3) is 0 Å². The first-order valence-electron chi connectivity index (χ1n) is 9.56. The van der Waals surface area contributed by atoms with E-state index in [4.69, 9.17) is 15.1 Å². The normalized spacial score (nSPS) is 17.1. The van der Waals surface area contributed by atoms with Crippen LogP contribution in [0, 0.1) is 0 Å². The van der Waals surface area contributed by atoms with Gasteiger partial charge in [-0.2, -0.15) is 5.10 Å². The lowest BCUT2D eigenvalue weighted by atomic mass is 9.89. The quantitative estimate of drug-likeness (QED) is 0.583. The lowest BCUT2D eigenvalue weighted by molar-refractivity contribution is 0.575. The molecule has 0 aliphatic carbocycles. The molecule has 4 aromatic rings. The molecule has 0 amide bonds. The van der Waals surface area contributed by atoms with Crippen molar-refractivity contribution in [2.45, 2.75) is 38.6 Å². The van der Waals surface area contributed by atoms with Gasteiger partial charge in [-0.15, -0.1) is 0 Å². The number of aromatic nitrogens is 6. The van der Waals surface area contributed by atoms with Gasteiger partial charge in [-0.1, -0.05) is 26.8 Å². The Bertz CT molecular complexity index is 1080. The van der Waals surface area contributed by atoms with Crippen LogP contribution in [0.2, 0.25) is 0 Å². The maximum absolute atomic E-state index is 4.81. The average molecular weight is 373 g/mol. The molecule has 0 unspecified atom stereocenters. The van der Waals surface area contributed by atoms with E-state index in [1.54, 1.807) is 6.33 Å². The smallest absolute Gasteiger partial charge is 0.226 e. The topological polar surface area (TPSA) is 75.0 Å². The van der Waals surface area contributed by atoms with Crippen LogP contribution in [-0.2, 0) is 11.8 Å². The number of aromatic amines is 1. The van der Waals surface area contributed by atoms with E-state index >= 15 is 0 Å². The summed E-state index contributed by atoms with van der Waals surface area (Å²) in [7, 11) is 0. The van der Waals surface area contributed by atoms with E-state index in [1.807, 2.05) is 35.2 Å². The standard InChI is InChI=1S/C21H23N7/c1-21(2,3)14-11-22-20(23-12-14)27-9-7-16-18(25-13-24-16)19(27)17-10-15-6-4-5-8-28(15)26-17/h4-6,8,10-13,19H,7,9H2,1-3H3,(H,24,25)/t19-/m0/s1. The van der Waals surface area contributed by atoms with Gasteiger partial charge < -0.3 is 9.88 Å². The highest BCUT2D eigenvalue weighted by Crippen LogP contribution is 2.35. The van der Waals surface area contributed by atoms with Gasteiger partial charge in [0.1, 0.15) is 6.04 Å². The third kappa shape index (κ3) is 2.74. The van der Waals surface area contributed by atoms with E-state index in [0.29, 0.717) is 5.95 Å². The fourth-order valence-corrected chi connectivity index (χ4v) is 3.74. The molecule has 7 heteroatoms. The predicted octanol–water partition coefficient (Wildman–Crippen LogP) is 3.30. The second-order valence-corrected chi connectivity index (χ2v) is 8.27. The van der Waals surface area contributed by atoms with Crippen molar-refractivity contribution in [3.8, 4) is 0 Å². The number of H-pyrrole nitrogens is 1. The minimum atomic E-state index is -0.115. The molecule has 1 aliphatic rings. The molecule has 1 atom stereocenters. The lowest BCUT2D eigenvalue weighted by Gasteiger charge is -2.34. The second kappa shape index (κ2) is 6.15. The molecule has 5 rings (SSSR count). The molecule has 7 nitrogen and oxygen atoms in total. The Morgan fingerprint density at radius 2 is 1.93 bits per heavy atom. The largest absolute Gasteiger partial charge is 0.348 e. The van der Waals surface area contributed by atoms with Crippen LogP contribution in [0.3, 0.4) is 0 Å². The summed E-state index contributed by atoms with van der Waals surface area (Å²) in [6.07, 6.45) is 8.47. The Hall–Kier alpha value is -3.22. The maximum atomic E-state index is 4.81. The van der Waals surface area contributed by atoms with Crippen LogP contribution >= 0.6 is 0 Å². The molecule has 28 heavy (non-hydrogen) atoms. The highest BCUT2D eigenvalue weighted by Gasteiger charge is 2.34. The van der Waals surface area contributed by atoms with Crippen LogP contribution in [0.4, 0.5) is 5.95 Å². The van der Waals surface area contributed by atoms with Crippen molar-refractivity contribution in [2.75, 3.05) is 11.4 Å². The Balaban J connectivity index is 1.60. The molecular formula is C21H23N7. The van der Waals surface area contributed by atoms with Gasteiger partial charge in [-0.3, -0.25) is 0 Å². The first kappa shape index (κ1) is 16.9. The number of hydrogen-bond acceptors (Lipinski definition) is 5. The number of hydrogen-bond donors (Lipinski definition) is 1. The molecule has 0 saturated heterocycles. The molecule has 0 fully saturated rings. The predicted molar refractivity (Wildman–Crippen MR) is 107 cm³/mol. The summed E-state index contributed by atoms with van der Waals surface area (Å²) < 4.78 is 1.90. The Labute approximate surface area is 163 Å². The van der Waals surface area contributed by atoms with E-state index in [1.165, 1.54) is 0 Å². The monoisotopic (exact) mass is 373 g/mol. The van der Waals surface area contributed by atoms with E-state index in [0.717, 1.165) is 41.1 Å². The number of fused-ring (bicyclic) bond motifs is 2. The summed E-state index contributed by atoms with van der Waals surface area (Å²) in [6, 6.07) is 8.06.